The van der Waals surface area contributed by atoms with Crippen LogP contribution >= 0.6 is 0 Å². The van der Waals surface area contributed by atoms with Gasteiger partial charge in [0.2, 0.25) is 0 Å². The maximum absolute atomic E-state index is 11.8. The van der Waals surface area contributed by atoms with Crippen LogP contribution in [0.4, 0.5) is 0 Å². The Hall–Kier alpha value is -2.35. The Balaban J connectivity index is 2.14. The monoisotopic (exact) mass is 250 g/mol. The van der Waals surface area contributed by atoms with Gasteiger partial charge in [-0.25, -0.2) is 0 Å². The molecular weight excluding hydrogens is 236 g/mol. The molecule has 2 heteroatoms. The molecule has 0 spiro atoms. The molecule has 0 radical (unpaired) electrons. The van der Waals surface area contributed by atoms with E-state index in [-0.39, 0.29) is 0 Å². The lowest BCUT2D eigenvalue weighted by Gasteiger charge is -2.30. The zero-order chi connectivity index (χ0) is 13.3. The fourth-order valence-corrected chi connectivity index (χ4v) is 2.65. The molecule has 2 nitrogen and oxygen atoms in total. The Labute approximate surface area is 112 Å². The number of fused-ring (bicyclic) bond motifs is 1. The van der Waals surface area contributed by atoms with Crippen LogP contribution in [0.3, 0.4) is 0 Å². The van der Waals surface area contributed by atoms with Gasteiger partial charge in [-0.3, -0.25) is 4.79 Å². The molecule has 1 N–H and O–H groups in total. The van der Waals surface area contributed by atoms with E-state index in [4.69, 9.17) is 0 Å². The molecule has 1 aliphatic rings. The van der Waals surface area contributed by atoms with Crippen LogP contribution in [-0.2, 0) is 16.6 Å². The molecule has 2 aromatic carbocycles. The van der Waals surface area contributed by atoms with Crippen molar-refractivity contribution in [2.24, 2.45) is 0 Å². The van der Waals surface area contributed by atoms with Gasteiger partial charge in [-0.2, -0.15) is 0 Å². The normalized spacial score (nSPS) is 20.8. The Bertz CT molecular complexity index is 643. The highest BCUT2D eigenvalue weighted by atomic mass is 16.4. The Morgan fingerprint density at radius 3 is 2.42 bits per heavy atom. The fraction of sp³-hybridized carbons (Fsp3) is 0.118. The van der Waals surface area contributed by atoms with Crippen molar-refractivity contribution in [3.05, 3.63) is 77.4 Å². The maximum Gasteiger partial charge on any atom is 0.318 e. The average Bonchev–Trinajstić information content (AvgIpc) is 2.47. The van der Waals surface area contributed by atoms with Crippen LogP contribution in [-0.4, -0.2) is 11.1 Å². The SMILES string of the molecule is O=C(O)C1(c2ccccc2)C=Cc2ccccc2C1. The molecule has 0 saturated carbocycles. The van der Waals surface area contributed by atoms with Crippen LogP contribution < -0.4 is 0 Å². The minimum Gasteiger partial charge on any atom is -0.480 e. The van der Waals surface area contributed by atoms with Crippen molar-refractivity contribution < 1.29 is 9.90 Å². The van der Waals surface area contributed by atoms with E-state index < -0.39 is 11.4 Å². The third-order valence-electron chi connectivity index (χ3n) is 3.74. The van der Waals surface area contributed by atoms with Gasteiger partial charge in [0.1, 0.15) is 5.41 Å². The van der Waals surface area contributed by atoms with Crippen molar-refractivity contribution in [2.75, 3.05) is 0 Å². The van der Waals surface area contributed by atoms with Crippen LogP contribution in [0.5, 0.6) is 0 Å². The molecule has 0 bridgehead atoms. The fourth-order valence-electron chi connectivity index (χ4n) is 2.65. The van der Waals surface area contributed by atoms with E-state index in [0.717, 1.165) is 16.7 Å². The van der Waals surface area contributed by atoms with E-state index in [1.807, 2.05) is 66.7 Å². The molecule has 0 saturated heterocycles. The summed E-state index contributed by atoms with van der Waals surface area (Å²) in [6.45, 7) is 0. The van der Waals surface area contributed by atoms with Crippen molar-refractivity contribution in [1.82, 2.24) is 0 Å². The topological polar surface area (TPSA) is 37.3 Å². The number of carboxylic acids is 1. The first kappa shape index (κ1) is 11.7. The van der Waals surface area contributed by atoms with Gasteiger partial charge in [-0.05, 0) is 23.1 Å². The van der Waals surface area contributed by atoms with E-state index >= 15 is 0 Å². The van der Waals surface area contributed by atoms with Crippen LogP contribution in [0.15, 0.2) is 60.7 Å². The molecule has 0 aliphatic heterocycles. The highest BCUT2D eigenvalue weighted by Crippen LogP contribution is 2.36. The zero-order valence-electron chi connectivity index (χ0n) is 10.4. The van der Waals surface area contributed by atoms with E-state index in [0.29, 0.717) is 6.42 Å². The smallest absolute Gasteiger partial charge is 0.318 e. The van der Waals surface area contributed by atoms with E-state index in [1.54, 1.807) is 0 Å². The Morgan fingerprint density at radius 1 is 1.00 bits per heavy atom. The lowest BCUT2D eigenvalue weighted by molar-refractivity contribution is -0.141. The summed E-state index contributed by atoms with van der Waals surface area (Å²) in [6, 6.07) is 17.4. The number of carboxylic acid groups (broad SMARTS) is 1. The average molecular weight is 250 g/mol. The summed E-state index contributed by atoms with van der Waals surface area (Å²) >= 11 is 0. The van der Waals surface area contributed by atoms with Gasteiger partial charge < -0.3 is 5.11 Å². The highest BCUT2D eigenvalue weighted by Gasteiger charge is 2.40. The third kappa shape index (κ3) is 1.85. The van der Waals surface area contributed by atoms with Crippen molar-refractivity contribution in [2.45, 2.75) is 11.8 Å². The molecule has 0 heterocycles. The van der Waals surface area contributed by atoms with E-state index in [2.05, 4.69) is 0 Å². The number of hydrogen-bond acceptors (Lipinski definition) is 1. The van der Waals surface area contributed by atoms with Gasteiger partial charge in [-0.15, -0.1) is 0 Å². The van der Waals surface area contributed by atoms with Crippen molar-refractivity contribution >= 4 is 12.0 Å². The summed E-state index contributed by atoms with van der Waals surface area (Å²) in [7, 11) is 0. The molecule has 94 valence electrons. The summed E-state index contributed by atoms with van der Waals surface area (Å²) in [5, 5.41) is 9.72. The number of hydrogen-bond donors (Lipinski definition) is 1. The van der Waals surface area contributed by atoms with Crippen LogP contribution in [0, 0.1) is 0 Å². The Morgan fingerprint density at radius 2 is 1.68 bits per heavy atom. The van der Waals surface area contributed by atoms with Crippen molar-refractivity contribution in [1.29, 1.82) is 0 Å². The quantitative estimate of drug-likeness (QED) is 0.888. The van der Waals surface area contributed by atoms with Crippen molar-refractivity contribution in [3.8, 4) is 0 Å². The first-order chi connectivity index (χ1) is 9.22. The first-order valence-corrected chi connectivity index (χ1v) is 6.28. The van der Waals surface area contributed by atoms with Gasteiger partial charge >= 0.3 is 5.97 Å². The van der Waals surface area contributed by atoms with Gasteiger partial charge in [0.05, 0.1) is 0 Å². The molecular formula is C17H14O2. The highest BCUT2D eigenvalue weighted by molar-refractivity contribution is 5.87. The van der Waals surface area contributed by atoms with Crippen LogP contribution in [0.1, 0.15) is 16.7 Å². The van der Waals surface area contributed by atoms with E-state index in [9.17, 15) is 9.90 Å². The minimum absolute atomic E-state index is 0.499. The lowest BCUT2D eigenvalue weighted by atomic mass is 9.71. The number of benzene rings is 2. The number of aliphatic carboxylic acids is 1. The second kappa shape index (κ2) is 4.39. The largest absolute Gasteiger partial charge is 0.480 e. The molecule has 0 fully saturated rings. The van der Waals surface area contributed by atoms with Gasteiger partial charge in [-0.1, -0.05) is 66.7 Å². The van der Waals surface area contributed by atoms with Gasteiger partial charge in [0.15, 0.2) is 0 Å². The van der Waals surface area contributed by atoms with Gasteiger partial charge in [0, 0.05) is 0 Å². The number of carbonyl (C=O) groups is 1. The molecule has 0 aromatic heterocycles. The summed E-state index contributed by atoms with van der Waals surface area (Å²) < 4.78 is 0. The first-order valence-electron chi connectivity index (χ1n) is 6.28. The maximum atomic E-state index is 11.8. The predicted octanol–water partition coefficient (Wildman–Crippen LogP) is 3.28. The summed E-state index contributed by atoms with van der Waals surface area (Å²) in [4.78, 5) is 11.8. The zero-order valence-corrected chi connectivity index (χ0v) is 10.4. The molecule has 1 atom stereocenters. The summed E-state index contributed by atoms with van der Waals surface area (Å²) in [5.74, 6) is -0.801. The summed E-state index contributed by atoms with van der Waals surface area (Å²) in [6.07, 6.45) is 4.23. The Kier molecular flexibility index (Phi) is 2.71. The molecule has 19 heavy (non-hydrogen) atoms. The lowest BCUT2D eigenvalue weighted by Crippen LogP contribution is -2.37. The standard InChI is InChI=1S/C17H14O2/c18-16(19)17(15-8-2-1-3-9-15)11-10-13-6-4-5-7-14(13)12-17/h1-11H,12H2,(H,18,19). The minimum atomic E-state index is -0.949. The second-order valence-electron chi connectivity index (χ2n) is 4.85. The number of rotatable bonds is 2. The second-order valence-corrected chi connectivity index (χ2v) is 4.85. The van der Waals surface area contributed by atoms with Gasteiger partial charge in [0.25, 0.3) is 0 Å². The molecule has 2 aromatic rings. The molecule has 1 unspecified atom stereocenters. The van der Waals surface area contributed by atoms with Crippen LogP contribution in [0.25, 0.3) is 6.08 Å². The van der Waals surface area contributed by atoms with E-state index in [1.165, 1.54) is 0 Å². The van der Waals surface area contributed by atoms with Crippen molar-refractivity contribution in [3.63, 3.8) is 0 Å². The molecule has 3 rings (SSSR count). The predicted molar refractivity (Wildman–Crippen MR) is 74.9 cm³/mol. The van der Waals surface area contributed by atoms with Crippen LogP contribution in [0.2, 0.25) is 0 Å². The molecule has 1 aliphatic carbocycles. The third-order valence-corrected chi connectivity index (χ3v) is 3.74. The molecule has 0 amide bonds. The summed E-state index contributed by atoms with van der Waals surface area (Å²) in [5.41, 5.74) is 2.06.